The van der Waals surface area contributed by atoms with Crippen LogP contribution in [-0.4, -0.2) is 57.4 Å². The predicted molar refractivity (Wildman–Crippen MR) is 125 cm³/mol. The van der Waals surface area contributed by atoms with Crippen LogP contribution in [0.3, 0.4) is 0 Å². The van der Waals surface area contributed by atoms with Crippen LogP contribution < -0.4 is 10.2 Å². The van der Waals surface area contributed by atoms with Gasteiger partial charge in [0.1, 0.15) is 12.1 Å². The average Bonchev–Trinajstić information content (AvgIpc) is 3.48. The molecule has 2 aromatic carbocycles. The van der Waals surface area contributed by atoms with Gasteiger partial charge in [0.25, 0.3) is 11.6 Å². The number of fused-ring (bicyclic) bond motifs is 5. The Labute approximate surface area is 204 Å². The molecular weight excluding hydrogens is 476 g/mol. The van der Waals surface area contributed by atoms with E-state index in [1.807, 2.05) is 6.07 Å². The summed E-state index contributed by atoms with van der Waals surface area (Å²) in [6.07, 6.45) is 0.463. The molecule has 2 bridgehead atoms. The summed E-state index contributed by atoms with van der Waals surface area (Å²) in [6.45, 7) is 3.48. The van der Waals surface area contributed by atoms with Crippen molar-refractivity contribution >= 4 is 46.6 Å². The molecule has 11 nitrogen and oxygen atoms in total. The van der Waals surface area contributed by atoms with Gasteiger partial charge in [-0.15, -0.1) is 0 Å². The van der Waals surface area contributed by atoms with Crippen LogP contribution >= 0.6 is 11.6 Å². The van der Waals surface area contributed by atoms with Gasteiger partial charge in [-0.25, -0.2) is 14.5 Å². The third-order valence-electron chi connectivity index (χ3n) is 6.90. The number of likely N-dealkylation sites (tertiary alicyclic amines) is 1. The maximum absolute atomic E-state index is 13.4. The maximum atomic E-state index is 13.4. The summed E-state index contributed by atoms with van der Waals surface area (Å²) >= 11 is 6.26. The Balaban J connectivity index is 1.39. The van der Waals surface area contributed by atoms with E-state index in [0.29, 0.717) is 23.2 Å². The van der Waals surface area contributed by atoms with E-state index in [0.717, 1.165) is 4.90 Å². The lowest BCUT2D eigenvalue weighted by atomic mass is 10.1. The quantitative estimate of drug-likeness (QED) is 0.393. The minimum absolute atomic E-state index is 0.111. The number of nitro groups is 1. The number of amides is 5. The maximum Gasteiger partial charge on any atom is 0.332 e. The number of nitrogens with zero attached hydrogens (tertiary/aromatic N) is 5. The lowest BCUT2D eigenvalue weighted by molar-refractivity contribution is -0.385. The van der Waals surface area contributed by atoms with Crippen molar-refractivity contribution in [2.24, 2.45) is 0 Å². The number of hydrogen-bond donors (Lipinski definition) is 1. The normalized spacial score (nSPS) is 22.5. The van der Waals surface area contributed by atoms with Crippen LogP contribution in [0.15, 0.2) is 30.3 Å². The summed E-state index contributed by atoms with van der Waals surface area (Å²) in [4.78, 5) is 54.5. The molecule has 3 atom stereocenters. The smallest absolute Gasteiger partial charge is 0.317 e. The molecule has 5 amide bonds. The van der Waals surface area contributed by atoms with E-state index >= 15 is 0 Å². The first-order valence-electron chi connectivity index (χ1n) is 10.8. The van der Waals surface area contributed by atoms with Gasteiger partial charge < -0.3 is 15.1 Å². The number of piperazine rings is 1. The molecule has 0 aromatic heterocycles. The number of nitro benzene ring substituents is 1. The van der Waals surface area contributed by atoms with Gasteiger partial charge >= 0.3 is 12.1 Å². The van der Waals surface area contributed by atoms with E-state index in [1.54, 1.807) is 26.0 Å². The highest BCUT2D eigenvalue weighted by atomic mass is 35.5. The van der Waals surface area contributed by atoms with Gasteiger partial charge in [-0.2, -0.15) is 5.26 Å². The van der Waals surface area contributed by atoms with Crippen molar-refractivity contribution in [3.63, 3.8) is 0 Å². The molecule has 0 aliphatic carbocycles. The van der Waals surface area contributed by atoms with Gasteiger partial charge in [0, 0.05) is 23.9 Å². The topological polar surface area (TPSA) is 140 Å². The highest BCUT2D eigenvalue weighted by molar-refractivity contribution is 6.33. The number of carbonyl (C=O) groups is 3. The molecule has 3 aliphatic rings. The number of hydrogen-bond acceptors (Lipinski definition) is 6. The number of nitrogens with one attached hydrogen (secondary N) is 1. The third kappa shape index (κ3) is 3.29. The molecule has 3 heterocycles. The Morgan fingerprint density at radius 1 is 1.26 bits per heavy atom. The average molecular weight is 495 g/mol. The number of carbonyl (C=O) groups excluding carboxylic acids is 3. The first-order chi connectivity index (χ1) is 16.6. The number of benzene rings is 2. The molecule has 0 saturated carbocycles. The van der Waals surface area contributed by atoms with Crippen molar-refractivity contribution in [1.29, 1.82) is 5.26 Å². The van der Waals surface area contributed by atoms with E-state index in [2.05, 4.69) is 5.32 Å². The zero-order valence-corrected chi connectivity index (χ0v) is 19.4. The summed E-state index contributed by atoms with van der Waals surface area (Å²) in [5.74, 6) is -0.463. The standard InChI is InChI=1S/C23H19ClN6O5/c1-11-3-5-14(7-17(11)30(34)35)26-22(32)27-10-15-8-18(27)20-21(31)29(23(33)28(15)20)16-6-4-13(9-25)19(24)12(16)2/h3-7,15,18,20H,8,10H2,1-2H3,(H,26,32)/t15-,18?,20?/m1/s1. The largest absolute Gasteiger partial charge is 0.332 e. The lowest BCUT2D eigenvalue weighted by Crippen LogP contribution is -2.55. The molecule has 5 rings (SSSR count). The van der Waals surface area contributed by atoms with Crippen molar-refractivity contribution in [1.82, 2.24) is 9.80 Å². The van der Waals surface area contributed by atoms with Crippen molar-refractivity contribution in [3.05, 3.63) is 62.2 Å². The Morgan fingerprint density at radius 2 is 2.00 bits per heavy atom. The molecule has 3 fully saturated rings. The molecule has 35 heavy (non-hydrogen) atoms. The first-order valence-corrected chi connectivity index (χ1v) is 11.2. The van der Waals surface area contributed by atoms with E-state index in [1.165, 1.54) is 28.0 Å². The van der Waals surface area contributed by atoms with Crippen molar-refractivity contribution in [3.8, 4) is 6.07 Å². The third-order valence-corrected chi connectivity index (χ3v) is 7.39. The predicted octanol–water partition coefficient (Wildman–Crippen LogP) is 3.56. The lowest BCUT2D eigenvalue weighted by Gasteiger charge is -2.34. The number of imide groups is 1. The van der Waals surface area contributed by atoms with Gasteiger partial charge in [-0.1, -0.05) is 17.7 Å². The molecule has 3 aliphatic heterocycles. The number of halogens is 1. The summed E-state index contributed by atoms with van der Waals surface area (Å²) in [7, 11) is 0. The van der Waals surface area contributed by atoms with Crippen LogP contribution in [0.2, 0.25) is 5.02 Å². The summed E-state index contributed by atoms with van der Waals surface area (Å²) in [6, 6.07) is 6.69. The fourth-order valence-corrected chi connectivity index (χ4v) is 5.40. The molecule has 178 valence electrons. The SMILES string of the molecule is Cc1ccc(NC(=O)N2C[C@H]3CC2C2C(=O)N(c4ccc(C#N)c(Cl)c4C)C(=O)N23)cc1[N+](=O)[O-]. The Morgan fingerprint density at radius 3 is 2.69 bits per heavy atom. The second-order valence-electron chi connectivity index (χ2n) is 8.79. The van der Waals surface area contributed by atoms with Gasteiger partial charge in [0.05, 0.1) is 33.3 Å². The zero-order valence-electron chi connectivity index (χ0n) is 18.7. The second-order valence-corrected chi connectivity index (χ2v) is 9.17. The van der Waals surface area contributed by atoms with Crippen molar-refractivity contribution < 1.29 is 19.3 Å². The molecule has 3 saturated heterocycles. The van der Waals surface area contributed by atoms with E-state index < -0.39 is 35.0 Å². The molecule has 1 N–H and O–H groups in total. The van der Waals surface area contributed by atoms with Crippen LogP contribution in [0.1, 0.15) is 23.1 Å². The number of rotatable bonds is 3. The highest BCUT2D eigenvalue weighted by Crippen LogP contribution is 2.43. The number of aryl methyl sites for hydroxylation is 1. The minimum Gasteiger partial charge on any atom is -0.317 e. The molecule has 2 unspecified atom stereocenters. The first kappa shape index (κ1) is 22.6. The van der Waals surface area contributed by atoms with Gasteiger partial charge in [0.15, 0.2) is 0 Å². The van der Waals surface area contributed by atoms with Crippen LogP contribution in [0.4, 0.5) is 26.7 Å². The van der Waals surface area contributed by atoms with Gasteiger partial charge in [-0.3, -0.25) is 14.9 Å². The Bertz CT molecular complexity index is 1370. The minimum atomic E-state index is -0.840. The molecule has 0 radical (unpaired) electrons. The van der Waals surface area contributed by atoms with Crippen molar-refractivity contribution in [2.45, 2.75) is 38.4 Å². The van der Waals surface area contributed by atoms with Gasteiger partial charge in [0.2, 0.25) is 0 Å². The monoisotopic (exact) mass is 494 g/mol. The Kier molecular flexibility index (Phi) is 5.14. The number of urea groups is 2. The van der Waals surface area contributed by atoms with Crippen LogP contribution in [-0.2, 0) is 4.79 Å². The molecular formula is C23H19ClN6O5. The fraction of sp³-hybridized carbons (Fsp3) is 0.304. The molecule has 12 heteroatoms. The van der Waals surface area contributed by atoms with Gasteiger partial charge in [-0.05, 0) is 44.0 Å². The number of anilines is 2. The fourth-order valence-electron chi connectivity index (χ4n) is 5.19. The molecule has 0 spiro atoms. The van der Waals surface area contributed by atoms with E-state index in [-0.39, 0.29) is 34.5 Å². The Hall–Kier alpha value is -4.17. The van der Waals surface area contributed by atoms with Crippen LogP contribution in [0.5, 0.6) is 0 Å². The summed E-state index contributed by atoms with van der Waals surface area (Å²) in [5, 5.41) is 23.3. The summed E-state index contributed by atoms with van der Waals surface area (Å²) < 4.78 is 0. The second kappa shape index (κ2) is 7.95. The summed E-state index contributed by atoms with van der Waals surface area (Å²) in [5.41, 5.74) is 1.62. The van der Waals surface area contributed by atoms with Crippen LogP contribution in [0, 0.1) is 35.3 Å². The van der Waals surface area contributed by atoms with E-state index in [9.17, 15) is 29.8 Å². The number of nitriles is 1. The van der Waals surface area contributed by atoms with Crippen molar-refractivity contribution in [2.75, 3.05) is 16.8 Å². The van der Waals surface area contributed by atoms with E-state index in [4.69, 9.17) is 11.6 Å². The zero-order chi connectivity index (χ0) is 25.2. The highest BCUT2D eigenvalue weighted by Gasteiger charge is 2.63. The molecule has 2 aromatic rings. The van der Waals surface area contributed by atoms with Crippen LogP contribution in [0.25, 0.3) is 0 Å².